The zero-order valence-electron chi connectivity index (χ0n) is 11.8. The van der Waals surface area contributed by atoms with Crippen molar-refractivity contribution >= 4 is 17.5 Å². The van der Waals surface area contributed by atoms with Crippen LogP contribution in [0.25, 0.3) is 0 Å². The smallest absolute Gasteiger partial charge is 0.274 e. The molecular weight excluding hydrogens is 272 g/mol. The van der Waals surface area contributed by atoms with Crippen LogP contribution in [0.1, 0.15) is 10.5 Å². The van der Waals surface area contributed by atoms with Crippen molar-refractivity contribution in [3.05, 3.63) is 24.5 Å². The number of amides is 2. The van der Waals surface area contributed by atoms with Crippen molar-refractivity contribution in [2.24, 2.45) is 0 Å². The highest BCUT2D eigenvalue weighted by Gasteiger charge is 2.25. The molecule has 4 N–H and O–H groups in total. The molecular formula is C13H20N6O2. The molecule has 1 saturated heterocycles. The summed E-state index contributed by atoms with van der Waals surface area (Å²) >= 11 is 0. The van der Waals surface area contributed by atoms with Crippen LogP contribution in [0.15, 0.2) is 18.9 Å². The molecule has 1 aliphatic heterocycles. The van der Waals surface area contributed by atoms with Crippen LogP contribution in [0, 0.1) is 0 Å². The highest BCUT2D eigenvalue weighted by atomic mass is 16.2. The highest BCUT2D eigenvalue weighted by Crippen LogP contribution is 2.11. The van der Waals surface area contributed by atoms with E-state index in [1.165, 1.54) is 6.20 Å². The van der Waals surface area contributed by atoms with E-state index in [-0.39, 0.29) is 11.8 Å². The molecule has 0 saturated carbocycles. The normalized spacial score (nSPS) is 15.7. The summed E-state index contributed by atoms with van der Waals surface area (Å²) in [7, 11) is 0. The first kappa shape index (κ1) is 15.0. The first-order valence-electron chi connectivity index (χ1n) is 6.80. The van der Waals surface area contributed by atoms with E-state index in [0.29, 0.717) is 50.6 Å². The Hall–Kier alpha value is -2.35. The van der Waals surface area contributed by atoms with Crippen LogP contribution in [-0.4, -0.2) is 71.1 Å². The largest absolute Gasteiger partial charge is 0.396 e. The average molecular weight is 292 g/mol. The number of carbonyl (C=O) groups is 2. The van der Waals surface area contributed by atoms with Gasteiger partial charge in [-0.25, -0.2) is 0 Å². The van der Waals surface area contributed by atoms with Gasteiger partial charge in [-0.1, -0.05) is 6.08 Å². The van der Waals surface area contributed by atoms with Gasteiger partial charge in [-0.3, -0.25) is 19.6 Å². The van der Waals surface area contributed by atoms with Crippen LogP contribution >= 0.6 is 0 Å². The molecule has 0 bridgehead atoms. The maximum atomic E-state index is 12.2. The lowest BCUT2D eigenvalue weighted by Gasteiger charge is -2.34. The number of piperazine rings is 1. The number of nitrogens with two attached hydrogens (primary N) is 1. The Morgan fingerprint density at radius 1 is 1.43 bits per heavy atom. The van der Waals surface area contributed by atoms with E-state index in [2.05, 4.69) is 22.1 Å². The van der Waals surface area contributed by atoms with E-state index in [0.717, 1.165) is 0 Å². The molecule has 0 spiro atoms. The van der Waals surface area contributed by atoms with Gasteiger partial charge in [0.2, 0.25) is 5.91 Å². The number of hydrogen-bond donors (Lipinski definition) is 3. The Labute approximate surface area is 123 Å². The predicted molar refractivity (Wildman–Crippen MR) is 78.6 cm³/mol. The molecule has 8 heteroatoms. The van der Waals surface area contributed by atoms with E-state index in [4.69, 9.17) is 5.73 Å². The van der Waals surface area contributed by atoms with Crippen LogP contribution in [0.3, 0.4) is 0 Å². The standard InChI is InChI=1S/C13H20N6O2/c1-2-3-15-11(20)9-18-4-6-19(7-5-18)13(21)12-10(14)8-16-17-12/h2,8H,1,3-7,9,14H2,(H,15,20)(H,16,17). The molecule has 2 amide bonds. The van der Waals surface area contributed by atoms with Crippen LogP contribution in [0.5, 0.6) is 0 Å². The lowest BCUT2D eigenvalue weighted by atomic mass is 10.2. The minimum absolute atomic E-state index is 0.0347. The van der Waals surface area contributed by atoms with Crippen molar-refractivity contribution < 1.29 is 9.59 Å². The van der Waals surface area contributed by atoms with Gasteiger partial charge in [-0.2, -0.15) is 5.10 Å². The van der Waals surface area contributed by atoms with E-state index in [1.807, 2.05) is 4.90 Å². The van der Waals surface area contributed by atoms with Gasteiger partial charge in [-0.05, 0) is 0 Å². The number of nitrogens with zero attached hydrogens (tertiary/aromatic N) is 3. The number of nitrogens with one attached hydrogen (secondary N) is 2. The molecule has 0 aliphatic carbocycles. The fraction of sp³-hybridized carbons (Fsp3) is 0.462. The van der Waals surface area contributed by atoms with Gasteiger partial charge in [0, 0.05) is 32.7 Å². The molecule has 1 fully saturated rings. The summed E-state index contributed by atoms with van der Waals surface area (Å²) in [5, 5.41) is 9.10. The van der Waals surface area contributed by atoms with Crippen LogP contribution in [0.4, 0.5) is 5.69 Å². The third kappa shape index (κ3) is 3.82. The van der Waals surface area contributed by atoms with E-state index in [9.17, 15) is 9.59 Å². The molecule has 1 aliphatic rings. The van der Waals surface area contributed by atoms with Gasteiger partial charge >= 0.3 is 0 Å². The van der Waals surface area contributed by atoms with Crippen molar-refractivity contribution in [1.29, 1.82) is 0 Å². The zero-order chi connectivity index (χ0) is 15.2. The van der Waals surface area contributed by atoms with Gasteiger partial charge in [0.25, 0.3) is 5.91 Å². The summed E-state index contributed by atoms with van der Waals surface area (Å²) in [4.78, 5) is 27.5. The van der Waals surface area contributed by atoms with Gasteiger partial charge in [0.1, 0.15) is 5.69 Å². The number of aromatic nitrogens is 2. The highest BCUT2D eigenvalue weighted by molar-refractivity contribution is 5.97. The van der Waals surface area contributed by atoms with E-state index in [1.54, 1.807) is 11.0 Å². The van der Waals surface area contributed by atoms with Crippen LogP contribution < -0.4 is 11.1 Å². The van der Waals surface area contributed by atoms with Crippen molar-refractivity contribution in [3.63, 3.8) is 0 Å². The van der Waals surface area contributed by atoms with Crippen molar-refractivity contribution in [1.82, 2.24) is 25.3 Å². The fourth-order valence-electron chi connectivity index (χ4n) is 2.18. The minimum Gasteiger partial charge on any atom is -0.396 e. The third-order valence-corrected chi connectivity index (χ3v) is 3.35. The number of aromatic amines is 1. The monoisotopic (exact) mass is 292 g/mol. The summed E-state index contributed by atoms with van der Waals surface area (Å²) in [6.45, 7) is 6.78. The first-order valence-corrected chi connectivity index (χ1v) is 6.80. The summed E-state index contributed by atoms with van der Waals surface area (Å²) in [5.74, 6) is -0.187. The molecule has 21 heavy (non-hydrogen) atoms. The lowest BCUT2D eigenvalue weighted by molar-refractivity contribution is -0.122. The van der Waals surface area contributed by atoms with Gasteiger partial charge in [-0.15, -0.1) is 6.58 Å². The molecule has 2 rings (SSSR count). The maximum absolute atomic E-state index is 12.2. The van der Waals surface area contributed by atoms with E-state index >= 15 is 0 Å². The number of anilines is 1. The lowest BCUT2D eigenvalue weighted by Crippen LogP contribution is -2.51. The second-order valence-corrected chi connectivity index (χ2v) is 4.86. The Kier molecular flexibility index (Phi) is 4.94. The maximum Gasteiger partial charge on any atom is 0.274 e. The number of H-pyrrole nitrogens is 1. The van der Waals surface area contributed by atoms with Crippen molar-refractivity contribution in [2.45, 2.75) is 0 Å². The Balaban J connectivity index is 1.80. The Morgan fingerprint density at radius 3 is 2.71 bits per heavy atom. The molecule has 1 aromatic heterocycles. The fourth-order valence-corrected chi connectivity index (χ4v) is 2.18. The zero-order valence-corrected chi connectivity index (χ0v) is 11.8. The predicted octanol–water partition coefficient (Wildman–Crippen LogP) is -0.948. The SMILES string of the molecule is C=CCNC(=O)CN1CCN(C(=O)c2[nH]ncc2N)CC1. The summed E-state index contributed by atoms with van der Waals surface area (Å²) < 4.78 is 0. The Morgan fingerprint density at radius 2 is 2.14 bits per heavy atom. The number of rotatable bonds is 5. The second kappa shape index (κ2) is 6.89. The minimum atomic E-state index is -0.152. The van der Waals surface area contributed by atoms with Gasteiger partial charge < -0.3 is 16.0 Å². The third-order valence-electron chi connectivity index (χ3n) is 3.35. The summed E-state index contributed by atoms with van der Waals surface area (Å²) in [6, 6.07) is 0. The van der Waals surface area contributed by atoms with Crippen LogP contribution in [-0.2, 0) is 4.79 Å². The quantitative estimate of drug-likeness (QED) is 0.607. The van der Waals surface area contributed by atoms with Crippen LogP contribution in [0.2, 0.25) is 0 Å². The number of nitrogen functional groups attached to an aromatic ring is 1. The molecule has 0 atom stereocenters. The Bertz CT molecular complexity index is 518. The first-order chi connectivity index (χ1) is 10.1. The molecule has 114 valence electrons. The topological polar surface area (TPSA) is 107 Å². The summed E-state index contributed by atoms with van der Waals surface area (Å²) in [5.41, 5.74) is 6.35. The van der Waals surface area contributed by atoms with Crippen molar-refractivity contribution in [2.75, 3.05) is 45.0 Å². The molecule has 8 nitrogen and oxygen atoms in total. The molecule has 1 aromatic rings. The molecule has 2 heterocycles. The van der Waals surface area contributed by atoms with Crippen molar-refractivity contribution in [3.8, 4) is 0 Å². The summed E-state index contributed by atoms with van der Waals surface area (Å²) in [6.07, 6.45) is 3.07. The van der Waals surface area contributed by atoms with E-state index < -0.39 is 0 Å². The average Bonchev–Trinajstić information content (AvgIpc) is 2.91. The molecule has 0 radical (unpaired) electrons. The van der Waals surface area contributed by atoms with Gasteiger partial charge in [0.15, 0.2) is 0 Å². The second-order valence-electron chi connectivity index (χ2n) is 4.86. The number of hydrogen-bond acceptors (Lipinski definition) is 5. The molecule has 0 unspecified atom stereocenters. The van der Waals surface area contributed by atoms with Gasteiger partial charge in [0.05, 0.1) is 18.4 Å². The number of carbonyl (C=O) groups excluding carboxylic acids is 2. The molecule has 0 aromatic carbocycles.